The summed E-state index contributed by atoms with van der Waals surface area (Å²) in [6.45, 7) is 0. The lowest BCUT2D eigenvalue weighted by atomic mass is 9.85. The Morgan fingerprint density at radius 3 is 1.83 bits per heavy atom. The van der Waals surface area contributed by atoms with Gasteiger partial charge in [-0.2, -0.15) is 0 Å². The van der Waals surface area contributed by atoms with Crippen LogP contribution in [0.15, 0.2) is 12.1 Å². The van der Waals surface area contributed by atoms with Crippen LogP contribution in [0.3, 0.4) is 0 Å². The fourth-order valence-electron chi connectivity index (χ4n) is 0.743. The summed E-state index contributed by atoms with van der Waals surface area (Å²) in [5, 5.41) is 0. The average molecular weight is 180 g/mol. The van der Waals surface area contributed by atoms with Crippen LogP contribution < -0.4 is 5.46 Å². The summed E-state index contributed by atoms with van der Waals surface area (Å²) in [4.78, 5) is 0. The molecule has 1 aromatic carbocycles. The van der Waals surface area contributed by atoms with Crippen molar-refractivity contribution in [1.29, 1.82) is 0 Å². The molecule has 0 unspecified atom stereocenters. The molecule has 0 radical (unpaired) electrons. The van der Waals surface area contributed by atoms with Crippen molar-refractivity contribution in [3.05, 3.63) is 29.6 Å². The predicted octanol–water partition coefficient (Wildman–Crippen LogP) is 1.74. The largest absolute Gasteiger partial charge is 0.577 e. The molecule has 0 nitrogen and oxygen atoms in total. The Balaban J connectivity index is 3.33. The molecule has 0 saturated heterocycles. The van der Waals surface area contributed by atoms with Gasteiger partial charge in [0.1, 0.15) is 5.82 Å². The van der Waals surface area contributed by atoms with E-state index >= 15 is 0 Å². The van der Waals surface area contributed by atoms with Gasteiger partial charge in [-0.3, -0.25) is 8.63 Å². The van der Waals surface area contributed by atoms with E-state index in [1.54, 1.807) is 0 Å². The van der Waals surface area contributed by atoms with Gasteiger partial charge in [0, 0.05) is 0 Å². The monoisotopic (exact) mass is 180 g/mol. The van der Waals surface area contributed by atoms with E-state index in [0.29, 0.717) is 12.1 Å². The summed E-state index contributed by atoms with van der Waals surface area (Å²) < 4.78 is 60.7. The van der Waals surface area contributed by atoms with Crippen LogP contribution in [0.1, 0.15) is 0 Å². The van der Waals surface area contributed by atoms with Gasteiger partial charge in [-0.05, 0) is 12.1 Å². The summed E-state index contributed by atoms with van der Waals surface area (Å²) in [6.07, 6.45) is 0. The zero-order valence-electron chi connectivity index (χ0n) is 5.62. The molecule has 0 aliphatic rings. The molecule has 1 rings (SSSR count). The van der Waals surface area contributed by atoms with E-state index in [2.05, 4.69) is 0 Å². The zero-order chi connectivity index (χ0) is 9.30. The van der Waals surface area contributed by atoms with Crippen molar-refractivity contribution < 1.29 is 21.8 Å². The maximum Gasteiger partial charge on any atom is 0.577 e. The molecular formula is C6H2BF5. The molecule has 0 fully saturated rings. The fourth-order valence-corrected chi connectivity index (χ4v) is 0.743. The molecule has 0 aliphatic heterocycles. The molecule has 0 bridgehead atoms. The summed E-state index contributed by atoms with van der Waals surface area (Å²) >= 11 is 0. The third-order valence-electron chi connectivity index (χ3n) is 1.30. The van der Waals surface area contributed by atoms with Gasteiger partial charge in [0.25, 0.3) is 0 Å². The Kier molecular flexibility index (Phi) is 2.35. The maximum absolute atomic E-state index is 12.4. The van der Waals surface area contributed by atoms with Crippen LogP contribution in [-0.2, 0) is 0 Å². The first kappa shape index (κ1) is 9.03. The van der Waals surface area contributed by atoms with Crippen molar-refractivity contribution in [2.45, 2.75) is 0 Å². The molecule has 0 saturated carbocycles. The maximum atomic E-state index is 12.4. The molecule has 12 heavy (non-hydrogen) atoms. The van der Waals surface area contributed by atoms with Crippen LogP contribution in [0.25, 0.3) is 0 Å². The normalized spacial score (nSPS) is 10.1. The summed E-state index contributed by atoms with van der Waals surface area (Å²) in [6, 6.07) is 0.913. The minimum absolute atomic E-state index is 0.455. The van der Waals surface area contributed by atoms with Crippen molar-refractivity contribution >= 4 is 12.7 Å². The Labute approximate surface area is 65.2 Å². The molecule has 6 heteroatoms. The van der Waals surface area contributed by atoms with Crippen molar-refractivity contribution in [1.82, 2.24) is 0 Å². The highest BCUT2D eigenvalue weighted by Gasteiger charge is 2.27. The molecule has 0 atom stereocenters. The van der Waals surface area contributed by atoms with Crippen LogP contribution in [0.4, 0.5) is 21.8 Å². The van der Waals surface area contributed by atoms with Gasteiger partial charge < -0.3 is 0 Å². The SMILES string of the molecule is FB(F)c1c(F)ccc(F)c1F. The Hall–Kier alpha value is -1.07. The number of benzene rings is 1. The van der Waals surface area contributed by atoms with Crippen molar-refractivity contribution in [3.8, 4) is 0 Å². The van der Waals surface area contributed by atoms with Crippen LogP contribution >= 0.6 is 0 Å². The number of rotatable bonds is 1. The Morgan fingerprint density at radius 2 is 1.42 bits per heavy atom. The summed E-state index contributed by atoms with van der Waals surface area (Å²) in [5.41, 5.74) is -1.52. The second-order valence-electron chi connectivity index (χ2n) is 2.06. The Bertz CT molecular complexity index is 298. The lowest BCUT2D eigenvalue weighted by Crippen LogP contribution is -2.29. The standard InChI is InChI=1S/C6H2BF5/c8-3-1-2-4(9)6(10)5(3)7(11)12/h1-2H. The average Bonchev–Trinajstić information content (AvgIpc) is 1.97. The molecular weight excluding hydrogens is 178 g/mol. The zero-order valence-corrected chi connectivity index (χ0v) is 5.62. The highest BCUT2D eigenvalue weighted by molar-refractivity contribution is 6.60. The summed E-state index contributed by atoms with van der Waals surface area (Å²) in [5.74, 6) is -4.75. The minimum atomic E-state index is -3.35. The number of hydrogen-bond acceptors (Lipinski definition) is 0. The first-order chi connectivity index (χ1) is 5.54. The van der Waals surface area contributed by atoms with Gasteiger partial charge in [-0.15, -0.1) is 0 Å². The molecule has 64 valence electrons. The van der Waals surface area contributed by atoms with Gasteiger partial charge in [0.05, 0.1) is 5.46 Å². The fraction of sp³-hybridized carbons (Fsp3) is 0. The minimum Gasteiger partial charge on any atom is -0.281 e. The quantitative estimate of drug-likeness (QED) is 0.350. The predicted molar refractivity (Wildman–Crippen MR) is 33.9 cm³/mol. The first-order valence-corrected chi connectivity index (χ1v) is 2.95. The van der Waals surface area contributed by atoms with E-state index < -0.39 is 30.2 Å². The van der Waals surface area contributed by atoms with Crippen LogP contribution in [0, 0.1) is 17.5 Å². The second kappa shape index (κ2) is 3.12. The highest BCUT2D eigenvalue weighted by atomic mass is 19.2. The van der Waals surface area contributed by atoms with Crippen molar-refractivity contribution in [2.75, 3.05) is 0 Å². The van der Waals surface area contributed by atoms with E-state index in [1.807, 2.05) is 0 Å². The van der Waals surface area contributed by atoms with E-state index in [4.69, 9.17) is 0 Å². The molecule has 0 heterocycles. The second-order valence-corrected chi connectivity index (χ2v) is 2.06. The molecule has 0 aromatic heterocycles. The molecule has 1 aromatic rings. The molecule has 0 spiro atoms. The van der Waals surface area contributed by atoms with Gasteiger partial charge in [-0.1, -0.05) is 0 Å². The van der Waals surface area contributed by atoms with Crippen LogP contribution in [0.2, 0.25) is 0 Å². The highest BCUT2D eigenvalue weighted by Crippen LogP contribution is 2.07. The van der Waals surface area contributed by atoms with Gasteiger partial charge in [0.2, 0.25) is 0 Å². The number of halogens is 5. The lowest BCUT2D eigenvalue weighted by molar-refractivity contribution is 0.498. The third kappa shape index (κ3) is 1.42. The smallest absolute Gasteiger partial charge is 0.281 e. The molecule has 0 amide bonds. The van der Waals surface area contributed by atoms with Gasteiger partial charge >= 0.3 is 7.27 Å². The molecule has 0 N–H and O–H groups in total. The Morgan fingerprint density at radius 1 is 0.917 bits per heavy atom. The van der Waals surface area contributed by atoms with E-state index in [1.165, 1.54) is 0 Å². The van der Waals surface area contributed by atoms with E-state index in [0.717, 1.165) is 0 Å². The molecule has 0 aliphatic carbocycles. The topological polar surface area (TPSA) is 0 Å². The third-order valence-corrected chi connectivity index (χ3v) is 1.30. The van der Waals surface area contributed by atoms with Crippen molar-refractivity contribution in [3.63, 3.8) is 0 Å². The van der Waals surface area contributed by atoms with Gasteiger partial charge in [0.15, 0.2) is 11.6 Å². The van der Waals surface area contributed by atoms with E-state index in [-0.39, 0.29) is 0 Å². The van der Waals surface area contributed by atoms with Crippen LogP contribution in [0.5, 0.6) is 0 Å². The summed E-state index contributed by atoms with van der Waals surface area (Å²) in [7, 11) is -3.35. The van der Waals surface area contributed by atoms with E-state index in [9.17, 15) is 21.8 Å². The lowest BCUT2D eigenvalue weighted by Gasteiger charge is -2.00. The van der Waals surface area contributed by atoms with Gasteiger partial charge in [-0.25, -0.2) is 13.2 Å². The first-order valence-electron chi connectivity index (χ1n) is 2.95. The number of hydrogen-bond donors (Lipinski definition) is 0. The van der Waals surface area contributed by atoms with Crippen molar-refractivity contribution in [2.24, 2.45) is 0 Å². The van der Waals surface area contributed by atoms with Crippen LogP contribution in [-0.4, -0.2) is 7.27 Å².